The molecule has 2 aromatic rings. The number of aryl methyl sites for hydroxylation is 2. The number of amides is 1. The second kappa shape index (κ2) is 8.32. The fourth-order valence-corrected chi connectivity index (χ4v) is 4.88. The Bertz CT molecular complexity index is 964. The molecule has 0 radical (unpaired) electrons. The highest BCUT2D eigenvalue weighted by atomic mass is 32.2. The van der Waals surface area contributed by atoms with Crippen LogP contribution in [0.15, 0.2) is 47.4 Å². The third-order valence-electron chi connectivity index (χ3n) is 5.28. The van der Waals surface area contributed by atoms with Gasteiger partial charge in [-0.3, -0.25) is 4.79 Å². The van der Waals surface area contributed by atoms with E-state index in [9.17, 15) is 13.2 Å². The smallest absolute Gasteiger partial charge is 0.243 e. The number of anilines is 1. The second-order valence-electron chi connectivity index (χ2n) is 7.15. The van der Waals surface area contributed by atoms with Crippen molar-refractivity contribution in [1.29, 1.82) is 0 Å². The number of nitrogens with zero attached hydrogens (tertiary/aromatic N) is 1. The van der Waals surface area contributed by atoms with E-state index in [0.29, 0.717) is 42.3 Å². The van der Waals surface area contributed by atoms with E-state index in [1.807, 2.05) is 32.0 Å². The van der Waals surface area contributed by atoms with Crippen molar-refractivity contribution in [2.24, 2.45) is 5.92 Å². The molecule has 0 saturated carbocycles. The van der Waals surface area contributed by atoms with Crippen LogP contribution < -0.4 is 10.1 Å². The molecule has 1 N–H and O–H groups in total. The van der Waals surface area contributed by atoms with E-state index < -0.39 is 10.0 Å². The Labute approximate surface area is 166 Å². The number of carbonyl (C=O) groups is 1. The van der Waals surface area contributed by atoms with Crippen LogP contribution in [0.4, 0.5) is 5.69 Å². The first-order valence-electron chi connectivity index (χ1n) is 9.33. The van der Waals surface area contributed by atoms with Crippen molar-refractivity contribution in [3.8, 4) is 5.75 Å². The zero-order chi connectivity index (χ0) is 20.3. The van der Waals surface area contributed by atoms with E-state index in [0.717, 1.165) is 11.1 Å². The average molecular weight is 403 g/mol. The number of rotatable bonds is 5. The number of hydrogen-bond donors (Lipinski definition) is 1. The predicted molar refractivity (Wildman–Crippen MR) is 109 cm³/mol. The molecule has 1 fully saturated rings. The van der Waals surface area contributed by atoms with E-state index in [-0.39, 0.29) is 11.8 Å². The van der Waals surface area contributed by atoms with Gasteiger partial charge in [0.25, 0.3) is 0 Å². The van der Waals surface area contributed by atoms with Crippen molar-refractivity contribution in [3.63, 3.8) is 0 Å². The minimum absolute atomic E-state index is 0.0866. The Kier molecular flexibility index (Phi) is 6.05. The molecule has 0 aliphatic carbocycles. The lowest BCUT2D eigenvalue weighted by Gasteiger charge is -2.30. The van der Waals surface area contributed by atoms with Crippen LogP contribution in [0.5, 0.6) is 5.75 Å². The summed E-state index contributed by atoms with van der Waals surface area (Å²) in [5, 5.41) is 2.90. The molecule has 2 aromatic carbocycles. The normalized spacial score (nSPS) is 16.0. The quantitative estimate of drug-likeness (QED) is 0.832. The molecule has 1 saturated heterocycles. The molecule has 6 nitrogen and oxygen atoms in total. The summed E-state index contributed by atoms with van der Waals surface area (Å²) < 4.78 is 32.4. The molecule has 0 unspecified atom stereocenters. The molecule has 0 spiro atoms. The lowest BCUT2D eigenvalue weighted by atomic mass is 9.97. The van der Waals surface area contributed by atoms with Crippen LogP contribution in [0.1, 0.15) is 24.0 Å². The van der Waals surface area contributed by atoms with Gasteiger partial charge in [0.15, 0.2) is 0 Å². The molecule has 150 valence electrons. The molecular formula is C21H26N2O4S. The molecular weight excluding hydrogens is 376 g/mol. The van der Waals surface area contributed by atoms with E-state index in [1.54, 1.807) is 31.4 Å². The SMILES string of the molecule is COc1cccc(NC(=O)C2CCN(S(=O)(=O)c3ccc(C)c(C)c3)CC2)c1. The molecule has 28 heavy (non-hydrogen) atoms. The van der Waals surface area contributed by atoms with Crippen LogP contribution in [0.2, 0.25) is 0 Å². The van der Waals surface area contributed by atoms with Gasteiger partial charge in [0.05, 0.1) is 12.0 Å². The van der Waals surface area contributed by atoms with Gasteiger partial charge < -0.3 is 10.1 Å². The highest BCUT2D eigenvalue weighted by Crippen LogP contribution is 2.26. The third kappa shape index (κ3) is 4.36. The number of ether oxygens (including phenoxy) is 1. The van der Waals surface area contributed by atoms with Crippen molar-refractivity contribution >= 4 is 21.6 Å². The first-order chi connectivity index (χ1) is 13.3. The van der Waals surface area contributed by atoms with Crippen LogP contribution in [0, 0.1) is 19.8 Å². The molecule has 1 heterocycles. The number of sulfonamides is 1. The summed E-state index contributed by atoms with van der Waals surface area (Å²) in [6.07, 6.45) is 1.000. The van der Waals surface area contributed by atoms with Gasteiger partial charge in [-0.1, -0.05) is 12.1 Å². The summed E-state index contributed by atoms with van der Waals surface area (Å²) in [7, 11) is -1.96. The number of piperidine rings is 1. The van der Waals surface area contributed by atoms with Crippen LogP contribution >= 0.6 is 0 Å². The van der Waals surface area contributed by atoms with Crippen LogP contribution in [-0.4, -0.2) is 38.8 Å². The summed E-state index contributed by atoms with van der Waals surface area (Å²) >= 11 is 0. The van der Waals surface area contributed by atoms with Crippen LogP contribution in [0.25, 0.3) is 0 Å². The minimum Gasteiger partial charge on any atom is -0.497 e. The summed E-state index contributed by atoms with van der Waals surface area (Å²) in [4.78, 5) is 12.9. The lowest BCUT2D eigenvalue weighted by Crippen LogP contribution is -2.41. The first-order valence-corrected chi connectivity index (χ1v) is 10.8. The van der Waals surface area contributed by atoms with Crippen LogP contribution in [-0.2, 0) is 14.8 Å². The number of carbonyl (C=O) groups excluding carboxylic acids is 1. The summed E-state index contributed by atoms with van der Waals surface area (Å²) in [6, 6.07) is 12.4. The monoisotopic (exact) mass is 402 g/mol. The van der Waals surface area contributed by atoms with Gasteiger partial charge in [-0.05, 0) is 62.1 Å². The molecule has 0 atom stereocenters. The Hall–Kier alpha value is -2.38. The Balaban J connectivity index is 1.63. The van der Waals surface area contributed by atoms with Gasteiger partial charge in [0.1, 0.15) is 5.75 Å². The van der Waals surface area contributed by atoms with Gasteiger partial charge in [-0.2, -0.15) is 4.31 Å². The van der Waals surface area contributed by atoms with Crippen LogP contribution in [0.3, 0.4) is 0 Å². The lowest BCUT2D eigenvalue weighted by molar-refractivity contribution is -0.120. The number of benzene rings is 2. The predicted octanol–water partition coefficient (Wildman–Crippen LogP) is 3.35. The molecule has 1 aliphatic heterocycles. The second-order valence-corrected chi connectivity index (χ2v) is 9.08. The highest BCUT2D eigenvalue weighted by molar-refractivity contribution is 7.89. The zero-order valence-corrected chi connectivity index (χ0v) is 17.3. The zero-order valence-electron chi connectivity index (χ0n) is 16.4. The first kappa shape index (κ1) is 20.4. The molecule has 1 aliphatic rings. The summed E-state index contributed by atoms with van der Waals surface area (Å²) in [5.74, 6) is 0.376. The van der Waals surface area contributed by atoms with Crippen molar-refractivity contribution < 1.29 is 17.9 Å². The largest absolute Gasteiger partial charge is 0.497 e. The highest BCUT2D eigenvalue weighted by Gasteiger charge is 2.32. The Morgan fingerprint density at radius 3 is 2.43 bits per heavy atom. The maximum absolute atomic E-state index is 12.9. The van der Waals surface area contributed by atoms with Gasteiger partial charge in [0, 0.05) is 30.8 Å². The van der Waals surface area contributed by atoms with Crippen molar-refractivity contribution in [2.75, 3.05) is 25.5 Å². The third-order valence-corrected chi connectivity index (χ3v) is 7.17. The Morgan fingerprint density at radius 1 is 1.07 bits per heavy atom. The topological polar surface area (TPSA) is 75.7 Å². The fraction of sp³-hybridized carbons (Fsp3) is 0.381. The maximum atomic E-state index is 12.9. The number of hydrogen-bond acceptors (Lipinski definition) is 4. The van der Waals surface area contributed by atoms with E-state index in [2.05, 4.69) is 5.32 Å². The van der Waals surface area contributed by atoms with Gasteiger partial charge in [-0.15, -0.1) is 0 Å². The summed E-state index contributed by atoms with van der Waals surface area (Å²) in [5.41, 5.74) is 2.69. The fourth-order valence-electron chi connectivity index (χ4n) is 3.33. The minimum atomic E-state index is -3.53. The standard InChI is InChI=1S/C21H26N2O4S/c1-15-7-8-20(13-16(15)2)28(25,26)23-11-9-17(10-12-23)21(24)22-18-5-4-6-19(14-18)27-3/h4-8,13-14,17H,9-12H2,1-3H3,(H,22,24). The van der Waals surface area contributed by atoms with Gasteiger partial charge in [-0.25, -0.2) is 8.42 Å². The Morgan fingerprint density at radius 2 is 1.79 bits per heavy atom. The van der Waals surface area contributed by atoms with E-state index >= 15 is 0 Å². The number of methoxy groups -OCH3 is 1. The van der Waals surface area contributed by atoms with Gasteiger partial charge in [0.2, 0.25) is 15.9 Å². The maximum Gasteiger partial charge on any atom is 0.243 e. The number of nitrogens with one attached hydrogen (secondary N) is 1. The molecule has 3 rings (SSSR count). The van der Waals surface area contributed by atoms with E-state index in [4.69, 9.17) is 4.74 Å². The van der Waals surface area contributed by atoms with E-state index in [1.165, 1.54) is 4.31 Å². The molecule has 1 amide bonds. The van der Waals surface area contributed by atoms with Gasteiger partial charge >= 0.3 is 0 Å². The molecule has 0 aromatic heterocycles. The van der Waals surface area contributed by atoms with Crippen molar-refractivity contribution in [2.45, 2.75) is 31.6 Å². The molecule has 7 heteroatoms. The van der Waals surface area contributed by atoms with Crippen molar-refractivity contribution in [1.82, 2.24) is 4.31 Å². The summed E-state index contributed by atoms with van der Waals surface area (Å²) in [6.45, 7) is 4.54. The van der Waals surface area contributed by atoms with Crippen molar-refractivity contribution in [3.05, 3.63) is 53.6 Å². The molecule has 0 bridgehead atoms. The average Bonchev–Trinajstić information content (AvgIpc) is 2.70.